The molecule has 2 aromatic rings. The molecule has 140 valence electrons. The molecule has 1 aliphatic rings. The Balaban J connectivity index is 2.10. The SMILES string of the molecule is [2H]C([2H])([2H])C1=C(C#C)CC(O[Si](c2ccccc2)(c2ccccc2)C(C)(C)C)CC1. The van der Waals surface area contributed by atoms with E-state index in [4.69, 9.17) is 15.0 Å². The fraction of sp³-hybridized carbons (Fsp3) is 0.360. The topological polar surface area (TPSA) is 9.23 Å². The van der Waals surface area contributed by atoms with Gasteiger partial charge in [-0.2, -0.15) is 0 Å². The summed E-state index contributed by atoms with van der Waals surface area (Å²) in [6.45, 7) is 4.60. The first-order chi connectivity index (χ1) is 14.1. The quantitative estimate of drug-likeness (QED) is 0.534. The largest absolute Gasteiger partial charge is 0.404 e. The Morgan fingerprint density at radius 3 is 2.04 bits per heavy atom. The molecule has 1 atom stereocenters. The number of benzene rings is 2. The third-order valence-electron chi connectivity index (χ3n) is 5.45. The van der Waals surface area contributed by atoms with Crippen molar-refractivity contribution in [2.45, 2.75) is 58.0 Å². The van der Waals surface area contributed by atoms with Crippen molar-refractivity contribution in [1.82, 2.24) is 0 Å². The van der Waals surface area contributed by atoms with Gasteiger partial charge in [0, 0.05) is 16.1 Å². The van der Waals surface area contributed by atoms with Crippen LogP contribution >= 0.6 is 0 Å². The van der Waals surface area contributed by atoms with Crippen molar-refractivity contribution in [2.24, 2.45) is 0 Å². The molecule has 1 nitrogen and oxygen atoms in total. The van der Waals surface area contributed by atoms with Gasteiger partial charge in [0.1, 0.15) is 0 Å². The lowest BCUT2D eigenvalue weighted by molar-refractivity contribution is 0.173. The number of hydrogen-bond acceptors (Lipinski definition) is 1. The summed E-state index contributed by atoms with van der Waals surface area (Å²) in [5.74, 6) is 2.65. The summed E-state index contributed by atoms with van der Waals surface area (Å²) in [5, 5.41) is 2.31. The van der Waals surface area contributed by atoms with Crippen LogP contribution in [0.15, 0.2) is 71.8 Å². The Kier molecular flexibility index (Phi) is 4.65. The zero-order valence-electron chi connectivity index (χ0n) is 19.5. The Bertz CT molecular complexity index is 895. The van der Waals surface area contributed by atoms with E-state index < -0.39 is 15.2 Å². The van der Waals surface area contributed by atoms with Crippen molar-refractivity contribution in [3.8, 4) is 12.3 Å². The van der Waals surface area contributed by atoms with Crippen LogP contribution in [0, 0.1) is 12.3 Å². The molecule has 0 aromatic heterocycles. The molecule has 27 heavy (non-hydrogen) atoms. The van der Waals surface area contributed by atoms with Crippen LogP contribution in [0.2, 0.25) is 5.04 Å². The normalized spacial score (nSPS) is 20.4. The van der Waals surface area contributed by atoms with Gasteiger partial charge in [-0.1, -0.05) is 92.9 Å². The van der Waals surface area contributed by atoms with E-state index in [9.17, 15) is 0 Å². The molecule has 0 saturated heterocycles. The van der Waals surface area contributed by atoms with Crippen molar-refractivity contribution in [3.05, 3.63) is 71.8 Å². The van der Waals surface area contributed by atoms with Crippen LogP contribution in [-0.4, -0.2) is 14.4 Å². The third-order valence-corrected chi connectivity index (χ3v) is 10.5. The van der Waals surface area contributed by atoms with Crippen LogP contribution in [0.1, 0.15) is 51.0 Å². The second-order valence-electron chi connectivity index (χ2n) is 8.25. The van der Waals surface area contributed by atoms with Crippen LogP contribution < -0.4 is 10.4 Å². The van der Waals surface area contributed by atoms with Gasteiger partial charge in [0.25, 0.3) is 8.32 Å². The molecule has 1 unspecified atom stereocenters. The van der Waals surface area contributed by atoms with E-state index >= 15 is 0 Å². The lowest BCUT2D eigenvalue weighted by atomic mass is 9.91. The molecule has 3 rings (SSSR count). The highest BCUT2D eigenvalue weighted by Crippen LogP contribution is 2.39. The maximum absolute atomic E-state index is 7.82. The lowest BCUT2D eigenvalue weighted by Gasteiger charge is -2.46. The molecule has 0 N–H and O–H groups in total. The Morgan fingerprint density at radius 1 is 1.04 bits per heavy atom. The van der Waals surface area contributed by atoms with E-state index in [0.29, 0.717) is 30.4 Å². The van der Waals surface area contributed by atoms with Crippen molar-refractivity contribution in [1.29, 1.82) is 0 Å². The average molecular weight is 378 g/mol. The van der Waals surface area contributed by atoms with E-state index in [2.05, 4.69) is 75.2 Å². The van der Waals surface area contributed by atoms with E-state index in [1.807, 2.05) is 12.1 Å². The molecule has 2 aromatic carbocycles. The summed E-state index contributed by atoms with van der Waals surface area (Å²) in [6.07, 6.45) is 7.23. The standard InChI is InChI=1S/C25H30OSi/c1-6-21-19-22(18-17-20(21)2)26-27(25(3,4)5,23-13-9-7-10-14-23)24-15-11-8-12-16-24/h1,7-16,22H,17-19H2,2-5H3/i2D3. The molecule has 0 amide bonds. The van der Waals surface area contributed by atoms with Gasteiger partial charge in [-0.25, -0.2) is 0 Å². The van der Waals surface area contributed by atoms with Crippen LogP contribution in [0.4, 0.5) is 0 Å². The van der Waals surface area contributed by atoms with Crippen molar-refractivity contribution in [3.63, 3.8) is 0 Å². The summed E-state index contributed by atoms with van der Waals surface area (Å²) in [4.78, 5) is 0. The molecule has 0 radical (unpaired) electrons. The van der Waals surface area contributed by atoms with Crippen LogP contribution in [-0.2, 0) is 4.43 Å². The monoisotopic (exact) mass is 377 g/mol. The number of terminal acetylenes is 1. The van der Waals surface area contributed by atoms with Gasteiger partial charge in [-0.3, -0.25) is 0 Å². The van der Waals surface area contributed by atoms with Crippen LogP contribution in [0.3, 0.4) is 0 Å². The maximum atomic E-state index is 7.82. The molecule has 0 saturated carbocycles. The fourth-order valence-electron chi connectivity index (χ4n) is 4.10. The second kappa shape index (κ2) is 7.88. The minimum atomic E-state index is -2.68. The second-order valence-corrected chi connectivity index (χ2v) is 12.5. The zero-order chi connectivity index (χ0) is 22.0. The summed E-state index contributed by atoms with van der Waals surface area (Å²) < 4.78 is 30.6. The van der Waals surface area contributed by atoms with Crippen molar-refractivity contribution >= 4 is 18.7 Å². The van der Waals surface area contributed by atoms with E-state index in [1.54, 1.807) is 0 Å². The Morgan fingerprint density at radius 2 is 1.59 bits per heavy atom. The molecule has 1 aliphatic carbocycles. The zero-order valence-corrected chi connectivity index (χ0v) is 17.5. The van der Waals surface area contributed by atoms with Gasteiger partial charge >= 0.3 is 0 Å². The van der Waals surface area contributed by atoms with E-state index in [0.717, 1.165) is 0 Å². The number of rotatable bonds is 4. The highest BCUT2D eigenvalue weighted by atomic mass is 28.4. The van der Waals surface area contributed by atoms with E-state index in [-0.39, 0.29) is 11.1 Å². The fourth-order valence-corrected chi connectivity index (χ4v) is 8.81. The molecular weight excluding hydrogens is 344 g/mol. The molecule has 0 fully saturated rings. The first kappa shape index (κ1) is 15.9. The maximum Gasteiger partial charge on any atom is 0.261 e. The van der Waals surface area contributed by atoms with Gasteiger partial charge in [0.2, 0.25) is 0 Å². The highest BCUT2D eigenvalue weighted by molar-refractivity contribution is 6.99. The summed E-state index contributed by atoms with van der Waals surface area (Å²) in [5.41, 5.74) is 1.01. The minimum Gasteiger partial charge on any atom is -0.404 e. The predicted octanol–water partition coefficient (Wildman–Crippen LogP) is 5.07. The molecule has 0 aliphatic heterocycles. The summed E-state index contributed by atoms with van der Waals surface area (Å²) in [6, 6.07) is 21.0. The average Bonchev–Trinajstić information content (AvgIpc) is 2.71. The molecule has 0 bridgehead atoms. The number of allylic oxidation sites excluding steroid dienone is 1. The van der Waals surface area contributed by atoms with Gasteiger partial charge in [0.05, 0.1) is 6.10 Å². The third kappa shape index (κ3) is 3.81. The smallest absolute Gasteiger partial charge is 0.261 e. The van der Waals surface area contributed by atoms with Gasteiger partial charge in [-0.15, -0.1) is 6.42 Å². The van der Waals surface area contributed by atoms with E-state index in [1.165, 1.54) is 10.4 Å². The summed E-state index contributed by atoms with van der Waals surface area (Å²) >= 11 is 0. The molecule has 2 heteroatoms. The summed E-state index contributed by atoms with van der Waals surface area (Å²) in [7, 11) is -2.68. The van der Waals surface area contributed by atoms with Crippen LogP contribution in [0.5, 0.6) is 0 Å². The van der Waals surface area contributed by atoms with Crippen molar-refractivity contribution < 1.29 is 8.54 Å². The molecule has 0 spiro atoms. The lowest BCUT2D eigenvalue weighted by Crippen LogP contribution is -2.67. The predicted molar refractivity (Wildman–Crippen MR) is 118 cm³/mol. The molecule has 0 heterocycles. The Labute approximate surface area is 169 Å². The first-order valence-corrected chi connectivity index (χ1v) is 11.5. The molecular formula is C25H30OSi. The van der Waals surface area contributed by atoms with Crippen molar-refractivity contribution in [2.75, 3.05) is 0 Å². The number of hydrogen-bond donors (Lipinski definition) is 0. The van der Waals surface area contributed by atoms with Gasteiger partial charge in [0.15, 0.2) is 0 Å². The highest BCUT2D eigenvalue weighted by Gasteiger charge is 2.51. The first-order valence-electron chi connectivity index (χ1n) is 11.1. The van der Waals surface area contributed by atoms with Crippen LogP contribution in [0.25, 0.3) is 0 Å². The van der Waals surface area contributed by atoms with Gasteiger partial charge < -0.3 is 4.43 Å². The minimum absolute atomic E-state index is 0.103. The van der Waals surface area contributed by atoms with Gasteiger partial charge in [-0.05, 0) is 35.1 Å². The Hall–Kier alpha value is -2.08.